The van der Waals surface area contributed by atoms with Gasteiger partial charge in [0.25, 0.3) is 0 Å². The van der Waals surface area contributed by atoms with Gasteiger partial charge >= 0.3 is 0 Å². The molecule has 0 aliphatic rings. The van der Waals surface area contributed by atoms with Crippen LogP contribution >= 0.6 is 0 Å². The molecule has 2 aromatic heterocycles. The maximum atomic E-state index is 9.25. The van der Waals surface area contributed by atoms with Gasteiger partial charge in [-0.2, -0.15) is 5.26 Å². The van der Waals surface area contributed by atoms with E-state index in [-0.39, 0.29) is 0 Å². The van der Waals surface area contributed by atoms with Crippen molar-refractivity contribution in [2.24, 2.45) is 0 Å². The molecule has 0 amide bonds. The smallest absolute Gasteiger partial charge is 0.149 e. The Labute approximate surface area is 116 Å². The monoisotopic (exact) mass is 260 g/mol. The van der Waals surface area contributed by atoms with Crippen LogP contribution in [0.2, 0.25) is 0 Å². The Morgan fingerprint density at radius 1 is 1.15 bits per heavy atom. The van der Waals surface area contributed by atoms with Crippen molar-refractivity contribution in [2.75, 3.05) is 5.32 Å². The third-order valence-corrected chi connectivity index (χ3v) is 3.02. The van der Waals surface area contributed by atoms with Crippen molar-refractivity contribution in [2.45, 2.75) is 6.92 Å². The minimum absolute atomic E-state index is 0.518. The van der Waals surface area contributed by atoms with Crippen LogP contribution in [0.3, 0.4) is 0 Å². The van der Waals surface area contributed by atoms with E-state index in [0.29, 0.717) is 11.4 Å². The van der Waals surface area contributed by atoms with E-state index >= 15 is 0 Å². The first kappa shape index (κ1) is 12.1. The number of nitrogens with one attached hydrogen (secondary N) is 1. The molecule has 2 heterocycles. The SMILES string of the molecule is Cc1ccc(Nc2nc3ccccc3cc2C#N)cn1. The number of aryl methyl sites for hydroxylation is 1. The van der Waals surface area contributed by atoms with Gasteiger partial charge in [0.15, 0.2) is 0 Å². The van der Waals surface area contributed by atoms with E-state index in [0.717, 1.165) is 22.3 Å². The summed E-state index contributed by atoms with van der Waals surface area (Å²) in [5, 5.41) is 13.4. The van der Waals surface area contributed by atoms with E-state index in [1.807, 2.05) is 49.4 Å². The summed E-state index contributed by atoms with van der Waals surface area (Å²) in [5.74, 6) is 0.553. The van der Waals surface area contributed by atoms with Crippen LogP contribution in [0.4, 0.5) is 11.5 Å². The maximum Gasteiger partial charge on any atom is 0.149 e. The summed E-state index contributed by atoms with van der Waals surface area (Å²) in [6.45, 7) is 1.93. The predicted octanol–water partition coefficient (Wildman–Crippen LogP) is 3.55. The number of aromatic nitrogens is 2. The van der Waals surface area contributed by atoms with Crippen LogP contribution in [0, 0.1) is 18.3 Å². The van der Waals surface area contributed by atoms with Gasteiger partial charge in [0.05, 0.1) is 23.0 Å². The normalized spacial score (nSPS) is 10.2. The fourth-order valence-corrected chi connectivity index (χ4v) is 1.97. The van der Waals surface area contributed by atoms with Crippen molar-refractivity contribution in [3.63, 3.8) is 0 Å². The summed E-state index contributed by atoms with van der Waals surface area (Å²) in [6.07, 6.45) is 1.73. The molecule has 0 radical (unpaired) electrons. The first-order valence-electron chi connectivity index (χ1n) is 6.26. The molecule has 0 fully saturated rings. The molecule has 3 rings (SSSR count). The van der Waals surface area contributed by atoms with Gasteiger partial charge in [-0.3, -0.25) is 4.98 Å². The van der Waals surface area contributed by atoms with E-state index in [4.69, 9.17) is 0 Å². The summed E-state index contributed by atoms with van der Waals surface area (Å²) >= 11 is 0. The Bertz CT molecular complexity index is 801. The Morgan fingerprint density at radius 2 is 2.00 bits per heavy atom. The molecule has 0 bridgehead atoms. The Kier molecular flexibility index (Phi) is 3.02. The number of rotatable bonds is 2. The molecule has 0 atom stereocenters. The number of benzene rings is 1. The summed E-state index contributed by atoms with van der Waals surface area (Å²) < 4.78 is 0. The largest absolute Gasteiger partial charge is 0.338 e. The van der Waals surface area contributed by atoms with Crippen LogP contribution in [0.1, 0.15) is 11.3 Å². The molecule has 0 aliphatic heterocycles. The second-order valence-electron chi connectivity index (χ2n) is 4.50. The van der Waals surface area contributed by atoms with Gasteiger partial charge in [-0.25, -0.2) is 4.98 Å². The summed E-state index contributed by atoms with van der Waals surface area (Å²) in [4.78, 5) is 8.72. The van der Waals surface area contributed by atoms with Crippen molar-refractivity contribution >= 4 is 22.4 Å². The van der Waals surface area contributed by atoms with Crippen LogP contribution in [-0.4, -0.2) is 9.97 Å². The van der Waals surface area contributed by atoms with Crippen LogP contribution in [0.25, 0.3) is 10.9 Å². The Hall–Kier alpha value is -2.93. The number of para-hydroxylation sites is 1. The lowest BCUT2D eigenvalue weighted by atomic mass is 10.1. The molecule has 3 aromatic rings. The molecular weight excluding hydrogens is 248 g/mol. The van der Waals surface area contributed by atoms with E-state index in [1.165, 1.54) is 0 Å². The van der Waals surface area contributed by atoms with E-state index < -0.39 is 0 Å². The van der Waals surface area contributed by atoms with Crippen LogP contribution < -0.4 is 5.32 Å². The highest BCUT2D eigenvalue weighted by atomic mass is 15.0. The average Bonchev–Trinajstić information content (AvgIpc) is 2.49. The summed E-state index contributed by atoms with van der Waals surface area (Å²) in [5.41, 5.74) is 3.13. The fraction of sp³-hybridized carbons (Fsp3) is 0.0625. The molecule has 1 N–H and O–H groups in total. The first-order chi connectivity index (χ1) is 9.76. The third kappa shape index (κ3) is 2.29. The molecule has 0 saturated heterocycles. The lowest BCUT2D eigenvalue weighted by Crippen LogP contribution is -1.98. The third-order valence-electron chi connectivity index (χ3n) is 3.02. The molecule has 0 unspecified atom stereocenters. The zero-order valence-electron chi connectivity index (χ0n) is 11.0. The maximum absolute atomic E-state index is 9.25. The highest BCUT2D eigenvalue weighted by molar-refractivity contribution is 5.83. The van der Waals surface area contributed by atoms with Gasteiger partial charge in [0, 0.05) is 11.1 Å². The topological polar surface area (TPSA) is 61.6 Å². The number of nitrogens with zero attached hydrogens (tertiary/aromatic N) is 3. The summed E-state index contributed by atoms with van der Waals surface area (Å²) in [6, 6.07) is 15.6. The lowest BCUT2D eigenvalue weighted by molar-refractivity contribution is 1.20. The number of hydrogen-bond donors (Lipinski definition) is 1. The highest BCUT2D eigenvalue weighted by Crippen LogP contribution is 2.22. The fourth-order valence-electron chi connectivity index (χ4n) is 1.97. The van der Waals surface area contributed by atoms with Gasteiger partial charge < -0.3 is 5.32 Å². The first-order valence-corrected chi connectivity index (χ1v) is 6.26. The molecule has 1 aromatic carbocycles. The minimum atomic E-state index is 0.518. The molecule has 4 heteroatoms. The minimum Gasteiger partial charge on any atom is -0.338 e. The van der Waals surface area contributed by atoms with Crippen molar-refractivity contribution in [1.29, 1.82) is 5.26 Å². The van der Waals surface area contributed by atoms with Crippen LogP contribution in [-0.2, 0) is 0 Å². The zero-order chi connectivity index (χ0) is 13.9. The average molecular weight is 260 g/mol. The van der Waals surface area contributed by atoms with Crippen LogP contribution in [0.5, 0.6) is 0 Å². The van der Waals surface area contributed by atoms with Gasteiger partial charge in [-0.05, 0) is 31.2 Å². The van der Waals surface area contributed by atoms with Gasteiger partial charge in [0.2, 0.25) is 0 Å². The molecule has 20 heavy (non-hydrogen) atoms. The van der Waals surface area contributed by atoms with E-state index in [2.05, 4.69) is 21.4 Å². The quantitative estimate of drug-likeness (QED) is 0.765. The van der Waals surface area contributed by atoms with Crippen molar-refractivity contribution < 1.29 is 0 Å². The van der Waals surface area contributed by atoms with Gasteiger partial charge in [-0.15, -0.1) is 0 Å². The standard InChI is InChI=1S/C16H12N4/c1-11-6-7-14(10-18-11)19-16-13(9-17)8-12-4-2-3-5-15(12)20-16/h2-8,10H,1H3,(H,19,20). The van der Waals surface area contributed by atoms with E-state index in [9.17, 15) is 5.26 Å². The van der Waals surface area contributed by atoms with Crippen molar-refractivity contribution in [3.05, 3.63) is 59.9 Å². The zero-order valence-corrected chi connectivity index (χ0v) is 11.0. The van der Waals surface area contributed by atoms with Crippen molar-refractivity contribution in [3.8, 4) is 6.07 Å². The highest BCUT2D eigenvalue weighted by Gasteiger charge is 2.06. The Morgan fingerprint density at radius 3 is 2.75 bits per heavy atom. The van der Waals surface area contributed by atoms with Gasteiger partial charge in [0.1, 0.15) is 11.9 Å². The molecule has 0 aliphatic carbocycles. The number of fused-ring (bicyclic) bond motifs is 1. The number of pyridine rings is 2. The molecule has 4 nitrogen and oxygen atoms in total. The molecule has 0 saturated carbocycles. The molecule has 96 valence electrons. The molecule has 0 spiro atoms. The molecular formula is C16H12N4. The Balaban J connectivity index is 2.06. The lowest BCUT2D eigenvalue weighted by Gasteiger charge is -2.08. The number of anilines is 2. The van der Waals surface area contributed by atoms with E-state index in [1.54, 1.807) is 6.20 Å². The van der Waals surface area contributed by atoms with Crippen LogP contribution in [0.15, 0.2) is 48.7 Å². The summed E-state index contributed by atoms with van der Waals surface area (Å²) in [7, 11) is 0. The van der Waals surface area contributed by atoms with Gasteiger partial charge in [-0.1, -0.05) is 18.2 Å². The second-order valence-corrected chi connectivity index (χ2v) is 4.50. The number of nitriles is 1. The predicted molar refractivity (Wildman–Crippen MR) is 78.7 cm³/mol. The second kappa shape index (κ2) is 4.98. The van der Waals surface area contributed by atoms with Crippen molar-refractivity contribution in [1.82, 2.24) is 9.97 Å². The number of hydrogen-bond acceptors (Lipinski definition) is 4.